The maximum absolute atomic E-state index is 11.6. The molecule has 5 nitrogen and oxygen atoms in total. The van der Waals surface area contributed by atoms with Crippen LogP contribution in [-0.2, 0) is 16.3 Å². The standard InChI is InChI=1S/C17H27N3O2S.HI/c1-3-23(21,22)12-10-19-17(18-2)20-11-9-16(14-20)13-15-7-5-4-6-8-15;/h4-8,16H,3,9-14H2,1-2H3,(H,18,19);1H. The minimum Gasteiger partial charge on any atom is -0.355 e. The number of nitrogens with zero attached hydrogens (tertiary/aromatic N) is 2. The fourth-order valence-corrected chi connectivity index (χ4v) is 3.64. The molecule has 0 amide bonds. The van der Waals surface area contributed by atoms with Crippen molar-refractivity contribution < 1.29 is 8.42 Å². The summed E-state index contributed by atoms with van der Waals surface area (Å²) in [6.45, 7) is 4.04. The van der Waals surface area contributed by atoms with E-state index in [0.717, 1.165) is 31.9 Å². The van der Waals surface area contributed by atoms with E-state index in [1.807, 2.05) is 6.07 Å². The van der Waals surface area contributed by atoms with Gasteiger partial charge in [0.2, 0.25) is 0 Å². The largest absolute Gasteiger partial charge is 0.355 e. The summed E-state index contributed by atoms with van der Waals surface area (Å²) in [5.41, 5.74) is 1.37. The molecule has 0 aromatic heterocycles. The summed E-state index contributed by atoms with van der Waals surface area (Å²) in [6.07, 6.45) is 2.22. The van der Waals surface area contributed by atoms with Crippen LogP contribution >= 0.6 is 24.0 Å². The minimum atomic E-state index is -2.93. The molecule has 0 radical (unpaired) electrons. The number of halogens is 1. The van der Waals surface area contributed by atoms with Crippen LogP contribution in [0.25, 0.3) is 0 Å². The fourth-order valence-electron chi connectivity index (χ4n) is 2.93. The molecule has 0 spiro atoms. The Morgan fingerprint density at radius 3 is 2.67 bits per heavy atom. The summed E-state index contributed by atoms with van der Waals surface area (Å²) in [5.74, 6) is 1.78. The number of benzene rings is 1. The van der Waals surface area contributed by atoms with E-state index in [9.17, 15) is 8.42 Å². The number of guanidine groups is 1. The van der Waals surface area contributed by atoms with Gasteiger partial charge in [0, 0.05) is 32.4 Å². The van der Waals surface area contributed by atoms with Crippen LogP contribution in [0, 0.1) is 5.92 Å². The first kappa shape index (κ1) is 21.2. The van der Waals surface area contributed by atoms with E-state index in [1.54, 1.807) is 14.0 Å². The lowest BCUT2D eigenvalue weighted by atomic mass is 9.99. The highest BCUT2D eigenvalue weighted by Crippen LogP contribution is 2.20. The molecule has 24 heavy (non-hydrogen) atoms. The number of hydrogen-bond acceptors (Lipinski definition) is 3. The Balaban J connectivity index is 0.00000288. The molecular weight excluding hydrogens is 437 g/mol. The summed E-state index contributed by atoms with van der Waals surface area (Å²) < 4.78 is 23.1. The first-order valence-corrected chi connectivity index (χ1v) is 10.1. The molecule has 136 valence electrons. The monoisotopic (exact) mass is 465 g/mol. The van der Waals surface area contributed by atoms with Gasteiger partial charge in [0.05, 0.1) is 5.75 Å². The lowest BCUT2D eigenvalue weighted by molar-refractivity contribution is 0.461. The van der Waals surface area contributed by atoms with Gasteiger partial charge in [-0.1, -0.05) is 37.3 Å². The van der Waals surface area contributed by atoms with Gasteiger partial charge in [-0.15, -0.1) is 24.0 Å². The van der Waals surface area contributed by atoms with E-state index in [2.05, 4.69) is 39.5 Å². The summed E-state index contributed by atoms with van der Waals surface area (Å²) in [5, 5.41) is 3.18. The highest BCUT2D eigenvalue weighted by Gasteiger charge is 2.25. The highest BCUT2D eigenvalue weighted by molar-refractivity contribution is 14.0. The third kappa shape index (κ3) is 6.58. The van der Waals surface area contributed by atoms with Gasteiger partial charge in [0.25, 0.3) is 0 Å². The van der Waals surface area contributed by atoms with Crippen LogP contribution in [0.3, 0.4) is 0 Å². The number of aliphatic imine (C=N–C) groups is 1. The number of likely N-dealkylation sites (tertiary alicyclic amines) is 1. The zero-order valence-electron chi connectivity index (χ0n) is 14.4. The number of hydrogen-bond donors (Lipinski definition) is 1. The summed E-state index contributed by atoms with van der Waals surface area (Å²) in [4.78, 5) is 6.52. The smallest absolute Gasteiger partial charge is 0.193 e. The second-order valence-electron chi connectivity index (χ2n) is 6.00. The molecule has 1 aromatic rings. The first-order chi connectivity index (χ1) is 11.0. The molecule has 0 bridgehead atoms. The van der Waals surface area contributed by atoms with Crippen molar-refractivity contribution in [2.45, 2.75) is 19.8 Å². The van der Waals surface area contributed by atoms with Crippen molar-refractivity contribution in [3.05, 3.63) is 35.9 Å². The summed E-state index contributed by atoms with van der Waals surface area (Å²) >= 11 is 0. The van der Waals surface area contributed by atoms with Gasteiger partial charge in [-0.2, -0.15) is 0 Å². The Morgan fingerprint density at radius 1 is 1.33 bits per heavy atom. The Morgan fingerprint density at radius 2 is 2.04 bits per heavy atom. The van der Waals surface area contributed by atoms with E-state index in [-0.39, 0.29) is 35.5 Å². The normalized spacial score (nSPS) is 18.3. The predicted molar refractivity (Wildman–Crippen MR) is 111 cm³/mol. The van der Waals surface area contributed by atoms with Crippen LogP contribution in [-0.4, -0.2) is 57.5 Å². The second kappa shape index (κ2) is 10.2. The van der Waals surface area contributed by atoms with Gasteiger partial charge in [-0.25, -0.2) is 8.42 Å². The van der Waals surface area contributed by atoms with Crippen molar-refractivity contribution in [3.63, 3.8) is 0 Å². The van der Waals surface area contributed by atoms with Gasteiger partial charge in [-0.05, 0) is 24.3 Å². The zero-order chi connectivity index (χ0) is 16.7. The van der Waals surface area contributed by atoms with Crippen molar-refractivity contribution >= 4 is 39.8 Å². The topological polar surface area (TPSA) is 61.8 Å². The molecule has 1 saturated heterocycles. The van der Waals surface area contributed by atoms with Crippen LogP contribution in [0.2, 0.25) is 0 Å². The molecule has 0 saturated carbocycles. The fraction of sp³-hybridized carbons (Fsp3) is 0.588. The van der Waals surface area contributed by atoms with E-state index >= 15 is 0 Å². The molecule has 1 heterocycles. The van der Waals surface area contributed by atoms with E-state index in [1.165, 1.54) is 5.56 Å². The third-order valence-electron chi connectivity index (χ3n) is 4.30. The van der Waals surface area contributed by atoms with Crippen molar-refractivity contribution in [1.29, 1.82) is 0 Å². The number of rotatable bonds is 6. The molecule has 1 aliphatic heterocycles. The average molecular weight is 465 g/mol. The first-order valence-electron chi connectivity index (χ1n) is 8.24. The quantitative estimate of drug-likeness (QED) is 0.398. The molecule has 1 atom stereocenters. The van der Waals surface area contributed by atoms with Crippen LogP contribution < -0.4 is 5.32 Å². The Hall–Kier alpha value is -0.830. The van der Waals surface area contributed by atoms with Gasteiger partial charge in [0.15, 0.2) is 15.8 Å². The number of sulfone groups is 1. The minimum absolute atomic E-state index is 0. The van der Waals surface area contributed by atoms with E-state index in [4.69, 9.17) is 0 Å². The maximum atomic E-state index is 11.6. The molecule has 2 rings (SSSR count). The van der Waals surface area contributed by atoms with E-state index < -0.39 is 9.84 Å². The molecule has 0 aliphatic carbocycles. The Kier molecular flexibility index (Phi) is 9.04. The predicted octanol–water partition coefficient (Wildman–Crippen LogP) is 2.18. The zero-order valence-corrected chi connectivity index (χ0v) is 17.6. The maximum Gasteiger partial charge on any atom is 0.193 e. The average Bonchev–Trinajstić information content (AvgIpc) is 3.01. The lowest BCUT2D eigenvalue weighted by Crippen LogP contribution is -2.42. The third-order valence-corrected chi connectivity index (χ3v) is 6.01. The van der Waals surface area contributed by atoms with Gasteiger partial charge in [0.1, 0.15) is 0 Å². The molecule has 1 aromatic carbocycles. The van der Waals surface area contributed by atoms with Crippen molar-refractivity contribution in [1.82, 2.24) is 10.2 Å². The van der Waals surface area contributed by atoms with Crippen molar-refractivity contribution in [2.75, 3.05) is 38.2 Å². The summed E-state index contributed by atoms with van der Waals surface area (Å²) in [6, 6.07) is 10.5. The Bertz CT molecular complexity index is 620. The van der Waals surface area contributed by atoms with Crippen LogP contribution in [0.15, 0.2) is 35.3 Å². The molecule has 1 fully saturated rings. The molecule has 1 aliphatic rings. The van der Waals surface area contributed by atoms with E-state index in [0.29, 0.717) is 12.5 Å². The number of nitrogens with one attached hydrogen (secondary N) is 1. The summed E-state index contributed by atoms with van der Waals surface area (Å²) in [7, 11) is -1.18. The highest BCUT2D eigenvalue weighted by atomic mass is 127. The van der Waals surface area contributed by atoms with Crippen LogP contribution in [0.1, 0.15) is 18.9 Å². The van der Waals surface area contributed by atoms with Gasteiger partial charge in [-0.3, -0.25) is 4.99 Å². The second-order valence-corrected chi connectivity index (χ2v) is 8.47. The lowest BCUT2D eigenvalue weighted by Gasteiger charge is -2.21. The van der Waals surface area contributed by atoms with Gasteiger partial charge >= 0.3 is 0 Å². The van der Waals surface area contributed by atoms with Crippen LogP contribution in [0.4, 0.5) is 0 Å². The molecule has 7 heteroatoms. The van der Waals surface area contributed by atoms with Crippen LogP contribution in [0.5, 0.6) is 0 Å². The molecule has 1 N–H and O–H groups in total. The van der Waals surface area contributed by atoms with Crippen molar-refractivity contribution in [3.8, 4) is 0 Å². The molecule has 1 unspecified atom stereocenters. The van der Waals surface area contributed by atoms with Crippen molar-refractivity contribution in [2.24, 2.45) is 10.9 Å². The Labute approximate surface area is 162 Å². The molecular formula is C17H28IN3O2S. The SMILES string of the molecule is CCS(=O)(=O)CCNC(=NC)N1CCC(Cc2ccccc2)C1.I. The van der Waals surface area contributed by atoms with Gasteiger partial charge < -0.3 is 10.2 Å².